The molecule has 4 N–H and O–H groups in total. The van der Waals surface area contributed by atoms with Crippen LogP contribution >= 0.6 is 0 Å². The number of carbonyl (C=O) groups excluding carboxylic acids is 2. The van der Waals surface area contributed by atoms with Crippen LogP contribution in [0, 0.1) is 5.92 Å². The van der Waals surface area contributed by atoms with Gasteiger partial charge in [0, 0.05) is 19.2 Å². The van der Waals surface area contributed by atoms with Crippen molar-refractivity contribution < 1.29 is 19.5 Å². The summed E-state index contributed by atoms with van der Waals surface area (Å²) in [7, 11) is 0. The molecule has 0 aromatic heterocycles. The lowest BCUT2D eigenvalue weighted by Crippen LogP contribution is -2.37. The van der Waals surface area contributed by atoms with E-state index in [1.807, 2.05) is 12.1 Å². The van der Waals surface area contributed by atoms with Gasteiger partial charge in [-0.2, -0.15) is 0 Å². The van der Waals surface area contributed by atoms with Crippen LogP contribution in [0.2, 0.25) is 0 Å². The van der Waals surface area contributed by atoms with E-state index in [1.165, 1.54) is 6.92 Å². The number of hydroxylamine groups is 1. The van der Waals surface area contributed by atoms with E-state index in [2.05, 4.69) is 16.1 Å². The third-order valence-corrected chi connectivity index (χ3v) is 4.16. The van der Waals surface area contributed by atoms with E-state index in [0.717, 1.165) is 31.2 Å². The summed E-state index contributed by atoms with van der Waals surface area (Å²) in [5.41, 5.74) is 3.90. The van der Waals surface area contributed by atoms with Crippen LogP contribution in [0.25, 0.3) is 0 Å². The number of urea groups is 1. The van der Waals surface area contributed by atoms with Gasteiger partial charge in [-0.25, -0.2) is 10.3 Å². The van der Waals surface area contributed by atoms with Crippen LogP contribution in [0.5, 0.6) is 0 Å². The average Bonchev–Trinajstić information content (AvgIpc) is 3.09. The second-order valence-corrected chi connectivity index (χ2v) is 6.05. The molecule has 132 valence electrons. The van der Waals surface area contributed by atoms with Gasteiger partial charge >= 0.3 is 6.03 Å². The van der Waals surface area contributed by atoms with Gasteiger partial charge in [0.25, 0.3) is 0 Å². The van der Waals surface area contributed by atoms with Crippen LogP contribution in [0.4, 0.5) is 10.5 Å². The molecule has 1 aliphatic carbocycles. The lowest BCUT2D eigenvalue weighted by Gasteiger charge is -2.21. The normalized spacial score (nSPS) is 15.8. The minimum absolute atomic E-state index is 0.0885. The molecule has 0 spiro atoms. The van der Waals surface area contributed by atoms with Gasteiger partial charge in [0.15, 0.2) is 0 Å². The fourth-order valence-corrected chi connectivity index (χ4v) is 2.83. The quantitative estimate of drug-likeness (QED) is 0.572. The Balaban J connectivity index is 1.75. The van der Waals surface area contributed by atoms with Crippen LogP contribution in [0.1, 0.15) is 38.2 Å². The summed E-state index contributed by atoms with van der Waals surface area (Å²) >= 11 is 0. The minimum Gasteiger partial charge on any atom is -0.394 e. The highest BCUT2D eigenvalue weighted by Crippen LogP contribution is 2.28. The maximum atomic E-state index is 11.9. The Bertz CT molecular complexity index is 541. The van der Waals surface area contributed by atoms with Crippen LogP contribution < -0.4 is 16.1 Å². The SMILES string of the molecule is CC(=O)NCc1ccc(NC(=O)NOC(CO)C2CCCC2)cc1. The number of aliphatic hydroxyl groups excluding tert-OH is 1. The highest BCUT2D eigenvalue weighted by Gasteiger charge is 2.26. The molecule has 1 aromatic carbocycles. The number of aliphatic hydroxyl groups is 1. The van der Waals surface area contributed by atoms with Crippen molar-refractivity contribution >= 4 is 17.6 Å². The Morgan fingerprint density at radius 3 is 2.50 bits per heavy atom. The smallest absolute Gasteiger partial charge is 0.343 e. The molecule has 0 bridgehead atoms. The first kappa shape index (κ1) is 18.2. The number of hydrogen-bond donors (Lipinski definition) is 4. The maximum absolute atomic E-state index is 11.9. The average molecular weight is 335 g/mol. The van der Waals surface area contributed by atoms with Gasteiger partial charge in [0.1, 0.15) is 6.10 Å². The minimum atomic E-state index is -0.485. The first-order chi connectivity index (χ1) is 11.6. The molecule has 1 saturated carbocycles. The summed E-state index contributed by atoms with van der Waals surface area (Å²) in [6.07, 6.45) is 3.95. The summed E-state index contributed by atoms with van der Waals surface area (Å²) < 4.78 is 0. The highest BCUT2D eigenvalue weighted by molar-refractivity contribution is 5.88. The fraction of sp³-hybridized carbons (Fsp3) is 0.529. The van der Waals surface area contributed by atoms with E-state index in [0.29, 0.717) is 18.2 Å². The van der Waals surface area contributed by atoms with Gasteiger partial charge in [-0.3, -0.25) is 9.63 Å². The first-order valence-electron chi connectivity index (χ1n) is 8.25. The zero-order valence-electron chi connectivity index (χ0n) is 13.9. The zero-order chi connectivity index (χ0) is 17.4. The Hall–Kier alpha value is -2.12. The van der Waals surface area contributed by atoms with E-state index in [-0.39, 0.29) is 18.6 Å². The molecule has 0 radical (unpaired) electrons. The molecule has 1 aromatic rings. The van der Waals surface area contributed by atoms with E-state index >= 15 is 0 Å². The molecule has 1 aliphatic rings. The molecule has 1 fully saturated rings. The molecule has 0 heterocycles. The topological polar surface area (TPSA) is 99.7 Å². The number of carbonyl (C=O) groups is 2. The number of benzene rings is 1. The maximum Gasteiger partial charge on any atom is 0.343 e. The van der Waals surface area contributed by atoms with Gasteiger partial charge in [-0.15, -0.1) is 0 Å². The predicted octanol–water partition coefficient (Wildman–Crippen LogP) is 1.93. The number of amides is 3. The second-order valence-electron chi connectivity index (χ2n) is 6.05. The number of anilines is 1. The van der Waals surface area contributed by atoms with Crippen molar-refractivity contribution in [2.24, 2.45) is 5.92 Å². The van der Waals surface area contributed by atoms with E-state index in [4.69, 9.17) is 4.84 Å². The largest absolute Gasteiger partial charge is 0.394 e. The van der Waals surface area contributed by atoms with E-state index < -0.39 is 6.03 Å². The molecule has 1 unspecified atom stereocenters. The molecular formula is C17H25N3O4. The first-order valence-corrected chi connectivity index (χ1v) is 8.25. The standard InChI is InChI=1S/C17H25N3O4/c1-12(22)18-10-13-6-8-15(9-7-13)19-17(23)20-24-16(11-21)14-4-2-3-5-14/h6-9,14,16,21H,2-5,10-11H2,1H3,(H,18,22)(H2,19,20,23). The van der Waals surface area contributed by atoms with E-state index in [9.17, 15) is 14.7 Å². The number of nitrogens with one attached hydrogen (secondary N) is 3. The third kappa shape index (κ3) is 5.82. The summed E-state index contributed by atoms with van der Waals surface area (Å²) in [6.45, 7) is 1.80. The van der Waals surface area contributed by atoms with Crippen molar-refractivity contribution in [1.82, 2.24) is 10.8 Å². The molecule has 7 nitrogen and oxygen atoms in total. The molecule has 1 atom stereocenters. The fourth-order valence-electron chi connectivity index (χ4n) is 2.83. The number of rotatable bonds is 7. The Morgan fingerprint density at radius 1 is 1.25 bits per heavy atom. The van der Waals surface area contributed by atoms with Crippen LogP contribution in [-0.2, 0) is 16.2 Å². The summed E-state index contributed by atoms with van der Waals surface area (Å²) in [4.78, 5) is 28.1. The molecule has 0 aliphatic heterocycles. The molecule has 2 rings (SSSR count). The van der Waals surface area contributed by atoms with Crippen molar-refractivity contribution in [2.75, 3.05) is 11.9 Å². The van der Waals surface area contributed by atoms with Crippen LogP contribution in [-0.4, -0.2) is 29.8 Å². The molecule has 24 heavy (non-hydrogen) atoms. The lowest BCUT2D eigenvalue weighted by molar-refractivity contribution is -0.119. The van der Waals surface area contributed by atoms with Gasteiger partial charge in [0.2, 0.25) is 5.91 Å². The Kier molecular flexibility index (Phi) is 7.02. The predicted molar refractivity (Wildman–Crippen MR) is 90.0 cm³/mol. The van der Waals surface area contributed by atoms with Crippen molar-refractivity contribution in [3.8, 4) is 0 Å². The third-order valence-electron chi connectivity index (χ3n) is 4.16. The zero-order valence-corrected chi connectivity index (χ0v) is 13.9. The Morgan fingerprint density at radius 2 is 1.92 bits per heavy atom. The second kappa shape index (κ2) is 9.24. The van der Waals surface area contributed by atoms with Gasteiger partial charge in [-0.05, 0) is 36.5 Å². The van der Waals surface area contributed by atoms with Crippen LogP contribution in [0.15, 0.2) is 24.3 Å². The summed E-state index contributed by atoms with van der Waals surface area (Å²) in [6, 6.07) is 6.65. The Labute approximate surface area is 141 Å². The van der Waals surface area contributed by atoms with Crippen molar-refractivity contribution in [2.45, 2.75) is 45.3 Å². The van der Waals surface area contributed by atoms with Gasteiger partial charge < -0.3 is 15.7 Å². The molecule has 7 heteroatoms. The van der Waals surface area contributed by atoms with Crippen molar-refractivity contribution in [1.29, 1.82) is 0 Å². The van der Waals surface area contributed by atoms with Crippen molar-refractivity contribution in [3.05, 3.63) is 29.8 Å². The summed E-state index contributed by atoms with van der Waals surface area (Å²) in [5, 5.41) is 14.7. The molecular weight excluding hydrogens is 310 g/mol. The van der Waals surface area contributed by atoms with Crippen molar-refractivity contribution in [3.63, 3.8) is 0 Å². The van der Waals surface area contributed by atoms with E-state index in [1.54, 1.807) is 12.1 Å². The van der Waals surface area contributed by atoms with Crippen LogP contribution in [0.3, 0.4) is 0 Å². The summed E-state index contributed by atoms with van der Waals surface area (Å²) in [5.74, 6) is 0.206. The lowest BCUT2D eigenvalue weighted by atomic mass is 10.0. The monoisotopic (exact) mass is 335 g/mol. The molecule has 3 amide bonds. The highest BCUT2D eigenvalue weighted by atomic mass is 16.7. The van der Waals surface area contributed by atoms with Gasteiger partial charge in [-0.1, -0.05) is 25.0 Å². The van der Waals surface area contributed by atoms with Gasteiger partial charge in [0.05, 0.1) is 6.61 Å². The molecule has 0 saturated heterocycles. The number of hydrogen-bond acceptors (Lipinski definition) is 4.